The first-order chi connectivity index (χ1) is 17.5. The molecule has 0 N–H and O–H groups in total. The summed E-state index contributed by atoms with van der Waals surface area (Å²) < 4.78 is 17.2. The maximum absolute atomic E-state index is 13.4. The van der Waals surface area contributed by atoms with Gasteiger partial charge in [0, 0.05) is 42.7 Å². The second kappa shape index (κ2) is 9.02. The first kappa shape index (κ1) is 25.0. The van der Waals surface area contributed by atoms with Crippen molar-refractivity contribution in [3.05, 3.63) is 82.3 Å². The molecule has 0 amide bonds. The van der Waals surface area contributed by atoms with Crippen LogP contribution in [-0.2, 0) is 14.3 Å². The molecule has 0 atom stereocenters. The number of carbonyl (C=O) groups is 3. The first-order valence-corrected chi connectivity index (χ1v) is 12.6. The lowest BCUT2D eigenvalue weighted by Gasteiger charge is -2.42. The van der Waals surface area contributed by atoms with Crippen LogP contribution in [0, 0.1) is 10.8 Å². The number of Topliss-reactive ketones (excluding diaryl/α,β-unsaturated/α-hetero) is 2. The number of hydrogen-bond donors (Lipinski definition) is 0. The summed E-state index contributed by atoms with van der Waals surface area (Å²) in [5.74, 6) is 1.19. The molecule has 1 aliphatic heterocycles. The predicted octanol–water partition coefficient (Wildman–Crippen LogP) is 6.31. The number of hydrogen-bond acceptors (Lipinski definition) is 6. The quantitative estimate of drug-likeness (QED) is 0.361. The number of rotatable bonds is 4. The molecule has 5 rings (SSSR count). The molecule has 0 spiro atoms. The van der Waals surface area contributed by atoms with Gasteiger partial charge >= 0.3 is 5.97 Å². The molecule has 192 valence electrons. The Morgan fingerprint density at radius 1 is 0.811 bits per heavy atom. The molecule has 37 heavy (non-hydrogen) atoms. The fourth-order valence-corrected chi connectivity index (χ4v) is 5.71. The van der Waals surface area contributed by atoms with Crippen molar-refractivity contribution in [2.24, 2.45) is 10.8 Å². The van der Waals surface area contributed by atoms with Gasteiger partial charge in [0.05, 0.1) is 7.11 Å². The third-order valence-electron chi connectivity index (χ3n) is 7.33. The van der Waals surface area contributed by atoms with Crippen molar-refractivity contribution >= 4 is 17.5 Å². The van der Waals surface area contributed by atoms with Gasteiger partial charge in [-0.15, -0.1) is 0 Å². The van der Waals surface area contributed by atoms with E-state index in [4.69, 9.17) is 14.2 Å². The van der Waals surface area contributed by atoms with E-state index < -0.39 is 11.9 Å². The molecule has 0 unspecified atom stereocenters. The fourth-order valence-electron chi connectivity index (χ4n) is 5.71. The van der Waals surface area contributed by atoms with Gasteiger partial charge in [-0.2, -0.15) is 0 Å². The zero-order valence-corrected chi connectivity index (χ0v) is 22.0. The van der Waals surface area contributed by atoms with Crippen molar-refractivity contribution < 1.29 is 28.6 Å². The van der Waals surface area contributed by atoms with Crippen molar-refractivity contribution in [1.82, 2.24) is 0 Å². The van der Waals surface area contributed by atoms with Gasteiger partial charge in [-0.25, -0.2) is 4.79 Å². The molecule has 6 nitrogen and oxygen atoms in total. The molecule has 2 aromatic carbocycles. The maximum Gasteiger partial charge on any atom is 0.347 e. The van der Waals surface area contributed by atoms with Crippen LogP contribution in [0.2, 0.25) is 0 Å². The molecular formula is C31H32O6. The Balaban J connectivity index is 1.51. The highest BCUT2D eigenvalue weighted by molar-refractivity contribution is 6.06. The van der Waals surface area contributed by atoms with Crippen LogP contribution in [0.25, 0.3) is 0 Å². The van der Waals surface area contributed by atoms with Gasteiger partial charge in [-0.1, -0.05) is 52.0 Å². The molecule has 2 aromatic rings. The predicted molar refractivity (Wildman–Crippen MR) is 138 cm³/mol. The highest BCUT2D eigenvalue weighted by atomic mass is 16.5. The second-order valence-electron chi connectivity index (χ2n) is 11.7. The lowest BCUT2D eigenvalue weighted by Crippen LogP contribution is -2.37. The van der Waals surface area contributed by atoms with Gasteiger partial charge in [0.2, 0.25) is 0 Å². The minimum absolute atomic E-state index is 0.0205. The summed E-state index contributed by atoms with van der Waals surface area (Å²) in [4.78, 5) is 39.6. The van der Waals surface area contributed by atoms with Crippen LogP contribution in [0.4, 0.5) is 0 Å². The van der Waals surface area contributed by atoms with Crippen LogP contribution < -0.4 is 9.47 Å². The summed E-state index contributed by atoms with van der Waals surface area (Å²) in [6, 6.07) is 13.9. The van der Waals surface area contributed by atoms with Gasteiger partial charge in [0.25, 0.3) is 0 Å². The number of carbonyl (C=O) groups excluding carboxylic acids is 3. The van der Waals surface area contributed by atoms with E-state index >= 15 is 0 Å². The number of ketones is 2. The number of benzene rings is 2. The molecule has 6 heteroatoms. The summed E-state index contributed by atoms with van der Waals surface area (Å²) >= 11 is 0. The minimum atomic E-state index is -0.527. The summed E-state index contributed by atoms with van der Waals surface area (Å²) in [5, 5.41) is 0. The van der Waals surface area contributed by atoms with Crippen LogP contribution >= 0.6 is 0 Å². The number of para-hydroxylation sites is 1. The van der Waals surface area contributed by atoms with Crippen LogP contribution in [0.5, 0.6) is 11.5 Å². The largest absolute Gasteiger partial charge is 0.496 e. The molecule has 0 fully saturated rings. The van der Waals surface area contributed by atoms with E-state index in [0.717, 1.165) is 5.56 Å². The van der Waals surface area contributed by atoms with Crippen molar-refractivity contribution in [3.8, 4) is 11.5 Å². The fraction of sp³-hybridized carbons (Fsp3) is 0.387. The Morgan fingerprint density at radius 3 is 1.89 bits per heavy atom. The van der Waals surface area contributed by atoms with E-state index in [9.17, 15) is 14.4 Å². The average Bonchev–Trinajstić information content (AvgIpc) is 2.81. The maximum atomic E-state index is 13.4. The zero-order valence-electron chi connectivity index (χ0n) is 22.0. The summed E-state index contributed by atoms with van der Waals surface area (Å²) in [7, 11) is 1.50. The SMILES string of the molecule is COc1ccccc1C(=O)Oc1ccc(C2C3=C(CC(C)(C)CC3=O)OC3=C2C(=O)CC(C)(C)C3)cc1. The molecule has 0 bridgehead atoms. The lowest BCUT2D eigenvalue weighted by atomic mass is 9.65. The van der Waals surface area contributed by atoms with Gasteiger partial charge < -0.3 is 14.2 Å². The Kier molecular flexibility index (Phi) is 6.09. The molecule has 0 aromatic heterocycles. The normalized spacial score (nSPS) is 20.7. The van der Waals surface area contributed by atoms with Gasteiger partial charge in [-0.05, 0) is 40.7 Å². The highest BCUT2D eigenvalue weighted by Gasteiger charge is 2.47. The van der Waals surface area contributed by atoms with E-state index in [2.05, 4.69) is 27.7 Å². The van der Waals surface area contributed by atoms with E-state index in [1.807, 2.05) is 12.1 Å². The molecular weight excluding hydrogens is 468 g/mol. The monoisotopic (exact) mass is 500 g/mol. The molecule has 0 radical (unpaired) electrons. The minimum Gasteiger partial charge on any atom is -0.496 e. The number of allylic oxidation sites excluding steroid dienone is 4. The van der Waals surface area contributed by atoms with Crippen molar-refractivity contribution in [3.63, 3.8) is 0 Å². The van der Waals surface area contributed by atoms with Crippen LogP contribution in [0.1, 0.15) is 75.2 Å². The summed E-state index contributed by atoms with van der Waals surface area (Å²) in [6.07, 6.45) is 2.10. The smallest absolute Gasteiger partial charge is 0.347 e. The molecule has 2 aliphatic carbocycles. The molecule has 0 saturated carbocycles. The molecule has 3 aliphatic rings. The van der Waals surface area contributed by atoms with Crippen molar-refractivity contribution in [2.75, 3.05) is 7.11 Å². The van der Waals surface area contributed by atoms with Crippen molar-refractivity contribution in [1.29, 1.82) is 0 Å². The molecule has 1 heterocycles. The standard InChI is InChI=1S/C31H32O6/c1-30(2)14-21(32)27-24(16-30)37-25-17-31(3,4)15-22(33)28(25)26(27)18-10-12-19(13-11-18)36-29(34)20-8-6-7-9-23(20)35-5/h6-13,26H,14-17H2,1-5H3. The lowest BCUT2D eigenvalue weighted by molar-refractivity contribution is -0.120. The zero-order chi connectivity index (χ0) is 26.5. The van der Waals surface area contributed by atoms with Crippen LogP contribution in [0.3, 0.4) is 0 Å². The van der Waals surface area contributed by atoms with Gasteiger partial charge in [0.1, 0.15) is 28.6 Å². The topological polar surface area (TPSA) is 78.9 Å². The Morgan fingerprint density at radius 2 is 1.35 bits per heavy atom. The number of ether oxygens (including phenoxy) is 3. The third kappa shape index (κ3) is 4.73. The third-order valence-corrected chi connectivity index (χ3v) is 7.33. The Bertz CT molecular complexity index is 1300. The van der Waals surface area contributed by atoms with Crippen LogP contribution in [0.15, 0.2) is 71.2 Å². The first-order valence-electron chi connectivity index (χ1n) is 12.6. The number of methoxy groups -OCH3 is 1. The van der Waals surface area contributed by atoms with Crippen LogP contribution in [-0.4, -0.2) is 24.6 Å². The van der Waals surface area contributed by atoms with E-state index in [0.29, 0.717) is 65.4 Å². The summed E-state index contributed by atoms with van der Waals surface area (Å²) in [6.45, 7) is 8.27. The van der Waals surface area contributed by atoms with Crippen molar-refractivity contribution in [2.45, 2.75) is 59.3 Å². The van der Waals surface area contributed by atoms with Gasteiger partial charge in [-0.3, -0.25) is 9.59 Å². The Hall–Kier alpha value is -3.67. The average molecular weight is 501 g/mol. The van der Waals surface area contributed by atoms with E-state index in [1.165, 1.54) is 7.11 Å². The highest BCUT2D eigenvalue weighted by Crippen LogP contribution is 2.53. The summed E-state index contributed by atoms with van der Waals surface area (Å²) in [5.41, 5.74) is 1.90. The van der Waals surface area contributed by atoms with E-state index in [1.54, 1.807) is 36.4 Å². The Labute approximate surface area is 217 Å². The van der Waals surface area contributed by atoms with Gasteiger partial charge in [0.15, 0.2) is 11.6 Å². The second-order valence-corrected chi connectivity index (χ2v) is 11.7. The number of esters is 1. The van der Waals surface area contributed by atoms with E-state index in [-0.39, 0.29) is 22.4 Å². The molecule has 0 saturated heterocycles.